The number of halogens is 2. The lowest BCUT2D eigenvalue weighted by atomic mass is 9.76. The number of carbonyl (C=O) groups excluding carboxylic acids is 1. The number of nitrogens with zero attached hydrogens (tertiary/aromatic N) is 1. The van der Waals surface area contributed by atoms with E-state index in [1.54, 1.807) is 0 Å². The second-order valence-corrected chi connectivity index (χ2v) is 9.76. The van der Waals surface area contributed by atoms with Crippen molar-refractivity contribution in [2.24, 2.45) is 5.92 Å². The zero-order valence-electron chi connectivity index (χ0n) is 18.4. The van der Waals surface area contributed by atoms with Gasteiger partial charge in [-0.3, -0.25) is 0 Å². The molecule has 2 aromatic rings. The van der Waals surface area contributed by atoms with Gasteiger partial charge in [-0.15, -0.1) is 0 Å². The standard InChI is InChI=1S/C26H27F2NO4/c27-18-1-3-21(28)17(14-18)13-16-7-11-29(12-8-16)19-5-9-26(10-6-19)20-2-4-22-24(32-15-31-22)23(20)25(30)33-26/h1-4,14,16,19H,5-13,15H2. The van der Waals surface area contributed by atoms with Gasteiger partial charge in [0.25, 0.3) is 0 Å². The van der Waals surface area contributed by atoms with Gasteiger partial charge in [0.15, 0.2) is 11.5 Å². The first kappa shape index (κ1) is 20.9. The first-order valence-corrected chi connectivity index (χ1v) is 11.9. The molecule has 0 N–H and O–H groups in total. The van der Waals surface area contributed by atoms with Crippen molar-refractivity contribution in [2.75, 3.05) is 19.9 Å². The molecular weight excluding hydrogens is 428 g/mol. The highest BCUT2D eigenvalue weighted by Gasteiger charge is 2.50. The molecule has 0 amide bonds. The van der Waals surface area contributed by atoms with Crippen LogP contribution in [0.15, 0.2) is 30.3 Å². The van der Waals surface area contributed by atoms with Crippen LogP contribution in [-0.4, -0.2) is 36.8 Å². The van der Waals surface area contributed by atoms with Crippen molar-refractivity contribution in [2.45, 2.75) is 56.6 Å². The summed E-state index contributed by atoms with van der Waals surface area (Å²) in [4.78, 5) is 15.2. The summed E-state index contributed by atoms with van der Waals surface area (Å²) in [5, 5.41) is 0. The number of benzene rings is 2. The molecule has 174 valence electrons. The quantitative estimate of drug-likeness (QED) is 0.613. The van der Waals surface area contributed by atoms with Gasteiger partial charge < -0.3 is 19.1 Å². The maximum Gasteiger partial charge on any atom is 0.343 e. The average Bonchev–Trinajstić information content (AvgIpc) is 3.40. The summed E-state index contributed by atoms with van der Waals surface area (Å²) < 4.78 is 44.5. The molecule has 1 saturated carbocycles. The third-order valence-corrected chi connectivity index (χ3v) is 7.97. The smallest absolute Gasteiger partial charge is 0.343 e. The first-order valence-electron chi connectivity index (χ1n) is 11.9. The third-order valence-electron chi connectivity index (χ3n) is 7.97. The van der Waals surface area contributed by atoms with Gasteiger partial charge in [0.2, 0.25) is 6.79 Å². The molecule has 0 aromatic heterocycles. The Hall–Kier alpha value is -2.67. The molecule has 1 aliphatic carbocycles. The van der Waals surface area contributed by atoms with Crippen molar-refractivity contribution < 1.29 is 27.8 Å². The van der Waals surface area contributed by atoms with Crippen LogP contribution in [0.1, 0.15) is 60.0 Å². The van der Waals surface area contributed by atoms with E-state index in [1.807, 2.05) is 12.1 Å². The minimum atomic E-state index is -0.558. The number of hydrogen-bond acceptors (Lipinski definition) is 5. The fourth-order valence-corrected chi connectivity index (χ4v) is 6.18. The summed E-state index contributed by atoms with van der Waals surface area (Å²) in [6.07, 6.45) is 6.08. The van der Waals surface area contributed by atoms with Crippen LogP contribution in [-0.2, 0) is 16.8 Å². The Morgan fingerprint density at radius 3 is 2.58 bits per heavy atom. The van der Waals surface area contributed by atoms with E-state index in [2.05, 4.69) is 4.90 Å². The van der Waals surface area contributed by atoms with Crippen LogP contribution in [0.5, 0.6) is 11.5 Å². The van der Waals surface area contributed by atoms with Crippen molar-refractivity contribution in [1.29, 1.82) is 0 Å². The van der Waals surface area contributed by atoms with Crippen molar-refractivity contribution >= 4 is 5.97 Å². The van der Waals surface area contributed by atoms with E-state index in [9.17, 15) is 13.6 Å². The van der Waals surface area contributed by atoms with E-state index in [0.29, 0.717) is 41.0 Å². The highest BCUT2D eigenvalue weighted by Crippen LogP contribution is 2.52. The minimum Gasteiger partial charge on any atom is -0.454 e. The normalized spacial score (nSPS) is 27.1. The first-order chi connectivity index (χ1) is 16.0. The van der Waals surface area contributed by atoms with Gasteiger partial charge >= 0.3 is 5.97 Å². The molecule has 3 heterocycles. The Bertz CT molecular complexity index is 1090. The third kappa shape index (κ3) is 3.57. The molecule has 1 saturated heterocycles. The van der Waals surface area contributed by atoms with Gasteiger partial charge in [0.05, 0.1) is 0 Å². The predicted molar refractivity (Wildman–Crippen MR) is 116 cm³/mol. The summed E-state index contributed by atoms with van der Waals surface area (Å²) in [5.41, 5.74) is 1.40. The van der Waals surface area contributed by atoms with E-state index < -0.39 is 5.60 Å². The van der Waals surface area contributed by atoms with Gasteiger partial charge in [-0.2, -0.15) is 0 Å². The summed E-state index contributed by atoms with van der Waals surface area (Å²) in [6.45, 7) is 2.07. The Morgan fingerprint density at radius 1 is 1.00 bits per heavy atom. The summed E-state index contributed by atoms with van der Waals surface area (Å²) >= 11 is 0. The molecule has 0 atom stereocenters. The molecule has 3 aliphatic heterocycles. The molecule has 0 unspecified atom stereocenters. The number of rotatable bonds is 3. The Balaban J connectivity index is 1.08. The lowest BCUT2D eigenvalue weighted by Crippen LogP contribution is -2.46. The minimum absolute atomic E-state index is 0.135. The van der Waals surface area contributed by atoms with Crippen LogP contribution >= 0.6 is 0 Å². The van der Waals surface area contributed by atoms with Crippen LogP contribution in [0, 0.1) is 17.6 Å². The number of ether oxygens (including phenoxy) is 3. The van der Waals surface area contributed by atoms with E-state index in [0.717, 1.165) is 57.2 Å². The SMILES string of the molecule is O=C1OC2(CCC(N3CCC(Cc4cc(F)ccc4F)CC3)CC2)c2ccc3c(c21)OCO3. The molecule has 33 heavy (non-hydrogen) atoms. The van der Waals surface area contributed by atoms with Crippen molar-refractivity contribution in [1.82, 2.24) is 4.90 Å². The van der Waals surface area contributed by atoms with Crippen molar-refractivity contribution in [3.8, 4) is 11.5 Å². The van der Waals surface area contributed by atoms with E-state index >= 15 is 0 Å². The molecule has 7 heteroatoms. The number of fused-ring (bicyclic) bond motifs is 4. The fraction of sp³-hybridized carbons (Fsp3) is 0.500. The molecule has 0 radical (unpaired) electrons. The summed E-state index contributed by atoms with van der Waals surface area (Å²) in [5.74, 6) is 0.505. The second-order valence-electron chi connectivity index (χ2n) is 9.76. The zero-order chi connectivity index (χ0) is 22.6. The van der Waals surface area contributed by atoms with Crippen LogP contribution in [0.3, 0.4) is 0 Å². The molecule has 2 fully saturated rings. The number of piperidine rings is 1. The Morgan fingerprint density at radius 2 is 1.79 bits per heavy atom. The lowest BCUT2D eigenvalue weighted by Gasteiger charge is -2.43. The van der Waals surface area contributed by atoms with Crippen LogP contribution < -0.4 is 9.47 Å². The summed E-state index contributed by atoms with van der Waals surface area (Å²) in [7, 11) is 0. The fourth-order valence-electron chi connectivity index (χ4n) is 6.18. The van der Waals surface area contributed by atoms with Gasteiger partial charge in [0.1, 0.15) is 22.8 Å². The predicted octanol–water partition coefficient (Wildman–Crippen LogP) is 4.96. The number of likely N-dealkylation sites (tertiary alicyclic amines) is 1. The molecule has 6 rings (SSSR count). The Kier molecular flexibility index (Phi) is 5.05. The van der Waals surface area contributed by atoms with E-state index in [4.69, 9.17) is 14.2 Å². The molecule has 4 aliphatic rings. The molecular formula is C26H27F2NO4. The molecule has 0 bridgehead atoms. The number of esters is 1. The number of hydrogen-bond donors (Lipinski definition) is 0. The van der Waals surface area contributed by atoms with Crippen LogP contribution in [0.4, 0.5) is 8.78 Å². The van der Waals surface area contributed by atoms with Gasteiger partial charge in [0, 0.05) is 11.6 Å². The van der Waals surface area contributed by atoms with Crippen LogP contribution in [0.2, 0.25) is 0 Å². The van der Waals surface area contributed by atoms with Crippen LogP contribution in [0.25, 0.3) is 0 Å². The van der Waals surface area contributed by atoms with Gasteiger partial charge in [-0.05, 0) is 93.8 Å². The maximum atomic E-state index is 14.0. The van der Waals surface area contributed by atoms with Gasteiger partial charge in [-0.1, -0.05) is 6.07 Å². The monoisotopic (exact) mass is 455 g/mol. The second kappa shape index (κ2) is 7.97. The highest BCUT2D eigenvalue weighted by atomic mass is 19.1. The van der Waals surface area contributed by atoms with Crippen molar-refractivity contribution in [3.05, 3.63) is 58.7 Å². The van der Waals surface area contributed by atoms with Gasteiger partial charge in [-0.25, -0.2) is 13.6 Å². The molecule has 1 spiro atoms. The van der Waals surface area contributed by atoms with E-state index in [1.165, 1.54) is 18.2 Å². The van der Waals surface area contributed by atoms with E-state index in [-0.39, 0.29) is 24.4 Å². The largest absolute Gasteiger partial charge is 0.454 e. The average molecular weight is 456 g/mol. The zero-order valence-corrected chi connectivity index (χ0v) is 18.4. The van der Waals surface area contributed by atoms with Crippen molar-refractivity contribution in [3.63, 3.8) is 0 Å². The maximum absolute atomic E-state index is 14.0. The highest BCUT2D eigenvalue weighted by molar-refractivity contribution is 5.98. The lowest BCUT2D eigenvalue weighted by molar-refractivity contribution is -0.0446. The molecule has 5 nitrogen and oxygen atoms in total. The molecule has 2 aromatic carbocycles. The topological polar surface area (TPSA) is 48.0 Å². The number of carbonyl (C=O) groups is 1. The summed E-state index contributed by atoms with van der Waals surface area (Å²) in [6, 6.07) is 8.02. The Labute approximate surface area is 191 Å².